The number of benzene rings is 1. The van der Waals surface area contributed by atoms with E-state index < -0.39 is 0 Å². The topological polar surface area (TPSA) is 34.0 Å². The van der Waals surface area contributed by atoms with Gasteiger partial charge in [-0.2, -0.15) is 0 Å². The van der Waals surface area contributed by atoms with Crippen molar-refractivity contribution >= 4 is 22.6 Å². The quantitative estimate of drug-likeness (QED) is 0.742. The smallest absolute Gasteiger partial charge is 0.123 e. The zero-order valence-electron chi connectivity index (χ0n) is 12.1. The lowest BCUT2D eigenvalue weighted by atomic mass is 10.2. The summed E-state index contributed by atoms with van der Waals surface area (Å²) in [5.41, 5.74) is 3.29. The van der Waals surface area contributed by atoms with Gasteiger partial charge < -0.3 is 4.57 Å². The van der Waals surface area contributed by atoms with Crippen LogP contribution in [-0.4, -0.2) is 26.5 Å². The molecule has 1 aromatic carbocycles. The minimum Gasteiger partial charge on any atom is -0.330 e. The van der Waals surface area contributed by atoms with Crippen molar-refractivity contribution in [2.45, 2.75) is 13.1 Å². The molecule has 0 N–H and O–H groups in total. The predicted molar refractivity (Wildman–Crippen MR) is 85.1 cm³/mol. The molecule has 21 heavy (non-hydrogen) atoms. The molecule has 3 rings (SSSR count). The van der Waals surface area contributed by atoms with E-state index in [0.29, 0.717) is 0 Å². The van der Waals surface area contributed by atoms with Crippen molar-refractivity contribution in [2.75, 3.05) is 7.05 Å². The van der Waals surface area contributed by atoms with Gasteiger partial charge in [0.05, 0.1) is 17.6 Å². The molecule has 0 spiro atoms. The van der Waals surface area contributed by atoms with E-state index in [-0.39, 0.29) is 0 Å². The summed E-state index contributed by atoms with van der Waals surface area (Å²) >= 11 is 6.03. The highest BCUT2D eigenvalue weighted by Gasteiger charge is 2.10. The molecule has 0 saturated carbocycles. The fourth-order valence-corrected chi connectivity index (χ4v) is 2.63. The van der Waals surface area contributed by atoms with E-state index in [0.717, 1.165) is 35.0 Å². The van der Waals surface area contributed by atoms with E-state index >= 15 is 0 Å². The Morgan fingerprint density at radius 1 is 1.14 bits per heavy atom. The second kappa shape index (κ2) is 5.84. The van der Waals surface area contributed by atoms with Crippen molar-refractivity contribution in [3.63, 3.8) is 0 Å². The van der Waals surface area contributed by atoms with Crippen LogP contribution in [0.3, 0.4) is 0 Å². The van der Waals surface area contributed by atoms with Crippen molar-refractivity contribution in [2.24, 2.45) is 7.05 Å². The molecule has 4 nitrogen and oxygen atoms in total. The summed E-state index contributed by atoms with van der Waals surface area (Å²) in [5, 5.41) is 0.720. The first-order chi connectivity index (χ1) is 10.1. The molecular weight excluding hydrogens is 284 g/mol. The van der Waals surface area contributed by atoms with Crippen molar-refractivity contribution in [3.8, 4) is 0 Å². The molecule has 5 heteroatoms. The lowest BCUT2D eigenvalue weighted by molar-refractivity contribution is 0.307. The average molecular weight is 301 g/mol. The molecule has 2 heterocycles. The lowest BCUT2D eigenvalue weighted by Gasteiger charge is -2.16. The first kappa shape index (κ1) is 14.0. The lowest BCUT2D eigenvalue weighted by Crippen LogP contribution is -2.19. The van der Waals surface area contributed by atoms with Gasteiger partial charge in [0, 0.05) is 31.0 Å². The van der Waals surface area contributed by atoms with Crippen LogP contribution in [0.15, 0.2) is 42.7 Å². The maximum absolute atomic E-state index is 6.03. The van der Waals surface area contributed by atoms with Gasteiger partial charge in [-0.1, -0.05) is 11.6 Å². The van der Waals surface area contributed by atoms with Crippen LogP contribution in [0, 0.1) is 0 Å². The molecule has 0 saturated heterocycles. The Hall–Kier alpha value is -1.91. The number of aryl methyl sites for hydroxylation is 1. The number of pyridine rings is 1. The third-order valence-electron chi connectivity index (χ3n) is 3.55. The highest BCUT2D eigenvalue weighted by atomic mass is 35.5. The van der Waals surface area contributed by atoms with E-state index in [9.17, 15) is 0 Å². The van der Waals surface area contributed by atoms with E-state index in [4.69, 9.17) is 11.6 Å². The molecular formula is C16H17ClN4. The Bertz CT molecular complexity index is 752. The highest BCUT2D eigenvalue weighted by Crippen LogP contribution is 2.20. The minimum atomic E-state index is 0.720. The van der Waals surface area contributed by atoms with Crippen molar-refractivity contribution in [3.05, 3.63) is 59.1 Å². The molecule has 0 aliphatic carbocycles. The van der Waals surface area contributed by atoms with Gasteiger partial charge in [0.1, 0.15) is 5.82 Å². The van der Waals surface area contributed by atoms with E-state index in [1.54, 1.807) is 0 Å². The molecule has 0 amide bonds. The summed E-state index contributed by atoms with van der Waals surface area (Å²) < 4.78 is 2.12. The summed E-state index contributed by atoms with van der Waals surface area (Å²) in [6, 6.07) is 9.88. The van der Waals surface area contributed by atoms with E-state index in [1.807, 2.05) is 49.8 Å². The van der Waals surface area contributed by atoms with Gasteiger partial charge in [0.25, 0.3) is 0 Å². The first-order valence-electron chi connectivity index (χ1n) is 6.82. The summed E-state index contributed by atoms with van der Waals surface area (Å²) in [6.07, 6.45) is 3.64. The monoisotopic (exact) mass is 300 g/mol. The number of hydrogen-bond donors (Lipinski definition) is 0. The molecule has 0 radical (unpaired) electrons. The van der Waals surface area contributed by atoms with Gasteiger partial charge in [-0.15, -0.1) is 0 Å². The average Bonchev–Trinajstić information content (AvgIpc) is 2.75. The molecule has 0 fully saturated rings. The van der Waals surface area contributed by atoms with E-state index in [1.165, 1.54) is 5.56 Å². The Labute approximate surface area is 129 Å². The van der Waals surface area contributed by atoms with Gasteiger partial charge in [-0.25, -0.2) is 4.98 Å². The fraction of sp³-hybridized carbons (Fsp3) is 0.250. The molecule has 0 aliphatic rings. The van der Waals surface area contributed by atoms with Gasteiger partial charge in [0.15, 0.2) is 0 Å². The van der Waals surface area contributed by atoms with E-state index in [2.05, 4.69) is 26.5 Å². The summed E-state index contributed by atoms with van der Waals surface area (Å²) in [7, 11) is 4.13. The SMILES string of the molecule is CN(Cc1ccncc1)Cc1nc2cc(Cl)ccc2n1C. The maximum atomic E-state index is 6.03. The first-order valence-corrected chi connectivity index (χ1v) is 7.19. The standard InChI is InChI=1S/C16H17ClN4/c1-20(10-12-5-7-18-8-6-12)11-16-19-14-9-13(17)3-4-15(14)21(16)2/h3-9H,10-11H2,1-2H3. The zero-order valence-corrected chi connectivity index (χ0v) is 12.9. The molecule has 2 aromatic heterocycles. The molecule has 3 aromatic rings. The Balaban J connectivity index is 1.79. The molecule has 0 atom stereocenters. The summed E-state index contributed by atoms with van der Waals surface area (Å²) in [6.45, 7) is 1.65. The van der Waals surface area contributed by atoms with Crippen LogP contribution >= 0.6 is 11.6 Å². The number of aromatic nitrogens is 3. The highest BCUT2D eigenvalue weighted by molar-refractivity contribution is 6.31. The van der Waals surface area contributed by atoms with Gasteiger partial charge in [0.2, 0.25) is 0 Å². The third-order valence-corrected chi connectivity index (χ3v) is 3.78. The number of halogens is 1. The van der Waals surface area contributed by atoms with Crippen molar-refractivity contribution < 1.29 is 0 Å². The predicted octanol–water partition coefficient (Wildman–Crippen LogP) is 3.25. The third kappa shape index (κ3) is 3.06. The minimum absolute atomic E-state index is 0.720. The molecule has 0 bridgehead atoms. The van der Waals surface area contributed by atoms with Crippen LogP contribution in [0.1, 0.15) is 11.4 Å². The second-order valence-electron chi connectivity index (χ2n) is 5.25. The van der Waals surface area contributed by atoms with Crippen LogP contribution in [0.25, 0.3) is 11.0 Å². The molecule has 108 valence electrons. The van der Waals surface area contributed by atoms with Crippen LogP contribution in [0.4, 0.5) is 0 Å². The fourth-order valence-electron chi connectivity index (χ4n) is 2.46. The van der Waals surface area contributed by atoms with Crippen molar-refractivity contribution in [1.82, 2.24) is 19.4 Å². The van der Waals surface area contributed by atoms with Crippen LogP contribution in [-0.2, 0) is 20.1 Å². The Kier molecular flexibility index (Phi) is 3.90. The van der Waals surface area contributed by atoms with Gasteiger partial charge in [-0.05, 0) is 42.9 Å². The summed E-state index contributed by atoms with van der Waals surface area (Å²) in [4.78, 5) is 11.0. The number of hydrogen-bond acceptors (Lipinski definition) is 3. The van der Waals surface area contributed by atoms with Crippen LogP contribution in [0.2, 0.25) is 5.02 Å². The zero-order chi connectivity index (χ0) is 14.8. The maximum Gasteiger partial charge on any atom is 0.123 e. The largest absolute Gasteiger partial charge is 0.330 e. The Morgan fingerprint density at radius 3 is 2.67 bits per heavy atom. The van der Waals surface area contributed by atoms with Crippen molar-refractivity contribution in [1.29, 1.82) is 0 Å². The summed E-state index contributed by atoms with van der Waals surface area (Å²) in [5.74, 6) is 1.03. The Morgan fingerprint density at radius 2 is 1.90 bits per heavy atom. The number of nitrogens with zero attached hydrogens (tertiary/aromatic N) is 4. The molecule has 0 unspecified atom stereocenters. The normalized spacial score (nSPS) is 11.4. The van der Waals surface area contributed by atoms with Crippen LogP contribution < -0.4 is 0 Å². The second-order valence-corrected chi connectivity index (χ2v) is 5.68. The van der Waals surface area contributed by atoms with Gasteiger partial charge >= 0.3 is 0 Å². The molecule has 0 aliphatic heterocycles. The number of rotatable bonds is 4. The van der Waals surface area contributed by atoms with Gasteiger partial charge in [-0.3, -0.25) is 9.88 Å². The van der Waals surface area contributed by atoms with Crippen LogP contribution in [0.5, 0.6) is 0 Å². The number of imidazole rings is 1. The number of fused-ring (bicyclic) bond motifs is 1.